The van der Waals surface area contributed by atoms with Crippen LogP contribution in [0, 0.1) is 12.8 Å². The molecule has 2 N–H and O–H groups in total. The number of aryl methyl sites for hydroxylation is 1. The molecule has 102 valence electrons. The summed E-state index contributed by atoms with van der Waals surface area (Å²) in [6, 6.07) is 0.0670. The van der Waals surface area contributed by atoms with E-state index in [9.17, 15) is 8.42 Å². The number of H-pyrrole nitrogens is 1. The number of nitrogens with zero attached hydrogens (tertiary/aromatic N) is 1. The lowest BCUT2D eigenvalue weighted by Gasteiger charge is -2.30. The number of hydrogen-bond donors (Lipinski definition) is 2. The van der Waals surface area contributed by atoms with E-state index in [0.717, 1.165) is 25.7 Å². The third-order valence-electron chi connectivity index (χ3n) is 3.71. The van der Waals surface area contributed by atoms with E-state index in [1.54, 1.807) is 6.92 Å². The molecule has 0 bridgehead atoms. The molecule has 1 aromatic rings. The number of hydrogen-bond acceptors (Lipinski definition) is 3. The number of nitrogens with one attached hydrogen (secondary N) is 2. The van der Waals surface area contributed by atoms with Crippen LogP contribution >= 0.6 is 0 Å². The third-order valence-corrected chi connectivity index (χ3v) is 5.11. The summed E-state index contributed by atoms with van der Waals surface area (Å²) in [6.07, 6.45) is 6.76. The van der Waals surface area contributed by atoms with E-state index in [4.69, 9.17) is 0 Å². The van der Waals surface area contributed by atoms with Gasteiger partial charge in [0.25, 0.3) is 10.0 Å². The summed E-state index contributed by atoms with van der Waals surface area (Å²) in [4.78, 5) is 6.72. The minimum absolute atomic E-state index is 0.0670. The van der Waals surface area contributed by atoms with Crippen molar-refractivity contribution in [1.82, 2.24) is 14.7 Å². The van der Waals surface area contributed by atoms with Crippen molar-refractivity contribution in [2.75, 3.05) is 0 Å². The molecule has 0 radical (unpaired) electrons. The molecule has 0 aromatic carbocycles. The van der Waals surface area contributed by atoms with Gasteiger partial charge in [0, 0.05) is 6.04 Å². The second kappa shape index (κ2) is 5.40. The molecule has 0 aliphatic heterocycles. The fourth-order valence-corrected chi connectivity index (χ4v) is 3.96. The van der Waals surface area contributed by atoms with Crippen LogP contribution in [0.3, 0.4) is 0 Å². The maximum atomic E-state index is 12.2. The Bertz CT molecular complexity index is 495. The zero-order valence-electron chi connectivity index (χ0n) is 10.9. The molecule has 2 rings (SSSR count). The summed E-state index contributed by atoms with van der Waals surface area (Å²) >= 11 is 0. The van der Waals surface area contributed by atoms with Gasteiger partial charge in [0.05, 0.1) is 6.20 Å². The predicted molar refractivity (Wildman–Crippen MR) is 69.7 cm³/mol. The summed E-state index contributed by atoms with van der Waals surface area (Å²) in [7, 11) is -3.45. The molecule has 5 nitrogen and oxygen atoms in total. The second-order valence-electron chi connectivity index (χ2n) is 5.01. The van der Waals surface area contributed by atoms with Crippen molar-refractivity contribution in [3.05, 3.63) is 12.0 Å². The van der Waals surface area contributed by atoms with Crippen molar-refractivity contribution >= 4 is 10.0 Å². The molecule has 1 heterocycles. The van der Waals surface area contributed by atoms with Crippen molar-refractivity contribution < 1.29 is 8.42 Å². The molecule has 2 unspecified atom stereocenters. The number of rotatable bonds is 4. The van der Waals surface area contributed by atoms with Gasteiger partial charge >= 0.3 is 0 Å². The Morgan fingerprint density at radius 2 is 2.17 bits per heavy atom. The Labute approximate surface area is 108 Å². The largest absolute Gasteiger partial charge is 0.332 e. The van der Waals surface area contributed by atoms with Crippen molar-refractivity contribution in [3.63, 3.8) is 0 Å². The van der Waals surface area contributed by atoms with Crippen LogP contribution in [-0.4, -0.2) is 24.4 Å². The summed E-state index contributed by atoms with van der Waals surface area (Å²) in [5.41, 5.74) is 0. The molecular formula is C12H21N3O2S. The van der Waals surface area contributed by atoms with Gasteiger partial charge in [-0.15, -0.1) is 0 Å². The number of aromatic amines is 1. The standard InChI is InChI=1S/C12H21N3O2S/c1-3-10-6-4-5-7-11(10)15-18(16,17)12-8-13-9(2)14-12/h8,10-11,15H,3-7H2,1-2H3,(H,13,14). The molecule has 0 amide bonds. The Kier molecular flexibility index (Phi) is 4.07. The van der Waals surface area contributed by atoms with E-state index in [1.807, 2.05) is 0 Å². The van der Waals surface area contributed by atoms with Crippen molar-refractivity contribution in [2.24, 2.45) is 5.92 Å². The molecule has 1 aliphatic carbocycles. The van der Waals surface area contributed by atoms with Gasteiger partial charge in [-0.2, -0.15) is 0 Å². The quantitative estimate of drug-likeness (QED) is 0.879. The van der Waals surface area contributed by atoms with Gasteiger partial charge in [0.2, 0.25) is 0 Å². The number of sulfonamides is 1. The van der Waals surface area contributed by atoms with Gasteiger partial charge in [-0.1, -0.05) is 26.2 Å². The second-order valence-corrected chi connectivity index (χ2v) is 6.70. The summed E-state index contributed by atoms with van der Waals surface area (Å²) in [5.74, 6) is 1.07. The maximum absolute atomic E-state index is 12.2. The molecule has 1 aliphatic rings. The van der Waals surface area contributed by atoms with Crippen LogP contribution in [0.25, 0.3) is 0 Å². The van der Waals surface area contributed by atoms with Gasteiger partial charge < -0.3 is 4.98 Å². The average molecular weight is 271 g/mol. The van der Waals surface area contributed by atoms with E-state index in [-0.39, 0.29) is 11.1 Å². The predicted octanol–water partition coefficient (Wildman–Crippen LogP) is 1.97. The third kappa shape index (κ3) is 2.92. The summed E-state index contributed by atoms with van der Waals surface area (Å²) < 4.78 is 27.2. The van der Waals surface area contributed by atoms with Crippen LogP contribution in [0.15, 0.2) is 11.2 Å². The molecule has 18 heavy (non-hydrogen) atoms. The highest BCUT2D eigenvalue weighted by molar-refractivity contribution is 7.89. The van der Waals surface area contributed by atoms with E-state index < -0.39 is 10.0 Å². The van der Waals surface area contributed by atoms with Crippen LogP contribution in [0.1, 0.15) is 44.9 Å². The first-order valence-corrected chi connectivity index (χ1v) is 8.05. The normalized spacial score (nSPS) is 25.2. The number of aromatic nitrogens is 2. The molecule has 1 saturated carbocycles. The van der Waals surface area contributed by atoms with Gasteiger partial charge in [-0.25, -0.2) is 18.1 Å². The van der Waals surface area contributed by atoms with E-state index >= 15 is 0 Å². The zero-order valence-corrected chi connectivity index (χ0v) is 11.8. The van der Waals surface area contributed by atoms with Gasteiger partial charge in [0.1, 0.15) is 5.82 Å². The van der Waals surface area contributed by atoms with Crippen molar-refractivity contribution in [1.29, 1.82) is 0 Å². The smallest absolute Gasteiger partial charge is 0.257 e. The lowest BCUT2D eigenvalue weighted by atomic mass is 9.83. The first-order valence-electron chi connectivity index (χ1n) is 6.57. The van der Waals surface area contributed by atoms with Crippen molar-refractivity contribution in [3.8, 4) is 0 Å². The summed E-state index contributed by atoms with van der Waals surface area (Å²) in [5, 5.41) is 0.167. The molecule has 0 saturated heterocycles. The number of imidazole rings is 1. The monoisotopic (exact) mass is 271 g/mol. The lowest BCUT2D eigenvalue weighted by molar-refractivity contribution is 0.282. The highest BCUT2D eigenvalue weighted by Crippen LogP contribution is 2.27. The van der Waals surface area contributed by atoms with Crippen LogP contribution < -0.4 is 4.72 Å². The van der Waals surface area contributed by atoms with Crippen molar-refractivity contribution in [2.45, 2.75) is 57.0 Å². The Morgan fingerprint density at radius 1 is 1.44 bits per heavy atom. The van der Waals surface area contributed by atoms with Gasteiger partial charge in [0.15, 0.2) is 5.03 Å². The van der Waals surface area contributed by atoms with E-state index in [1.165, 1.54) is 12.6 Å². The Hall–Kier alpha value is -0.880. The Balaban J connectivity index is 2.12. The highest BCUT2D eigenvalue weighted by Gasteiger charge is 2.29. The minimum atomic E-state index is -3.45. The first-order chi connectivity index (χ1) is 8.53. The van der Waals surface area contributed by atoms with Crippen LogP contribution in [-0.2, 0) is 10.0 Å². The molecule has 0 spiro atoms. The van der Waals surface area contributed by atoms with Gasteiger partial charge in [-0.3, -0.25) is 0 Å². The molecule has 6 heteroatoms. The SMILES string of the molecule is CCC1CCCCC1NS(=O)(=O)c1cnc(C)[nH]1. The van der Waals surface area contributed by atoms with Crippen LogP contribution in [0.2, 0.25) is 0 Å². The fourth-order valence-electron chi connectivity index (χ4n) is 2.65. The highest BCUT2D eigenvalue weighted by atomic mass is 32.2. The molecular weight excluding hydrogens is 250 g/mol. The molecule has 1 fully saturated rings. The topological polar surface area (TPSA) is 74.8 Å². The van der Waals surface area contributed by atoms with E-state index in [2.05, 4.69) is 21.6 Å². The van der Waals surface area contributed by atoms with E-state index in [0.29, 0.717) is 11.7 Å². The maximum Gasteiger partial charge on any atom is 0.257 e. The zero-order chi connectivity index (χ0) is 13.2. The average Bonchev–Trinajstić information content (AvgIpc) is 2.77. The minimum Gasteiger partial charge on any atom is -0.332 e. The lowest BCUT2D eigenvalue weighted by Crippen LogP contribution is -2.41. The molecule has 2 atom stereocenters. The Morgan fingerprint density at radius 3 is 2.78 bits per heavy atom. The first kappa shape index (κ1) is 13.5. The van der Waals surface area contributed by atoms with Crippen LogP contribution in [0.4, 0.5) is 0 Å². The van der Waals surface area contributed by atoms with Crippen LogP contribution in [0.5, 0.6) is 0 Å². The fraction of sp³-hybridized carbons (Fsp3) is 0.750. The van der Waals surface area contributed by atoms with Gasteiger partial charge in [-0.05, 0) is 25.7 Å². The summed E-state index contributed by atoms with van der Waals surface area (Å²) in [6.45, 7) is 3.87. The molecule has 1 aromatic heterocycles.